The SMILES string of the molecule is C[C@@H](Cc1ccc(N)cc1)N(Cc1ccccc1)C[C@H](O)c1ccccc1. The van der Waals surface area contributed by atoms with E-state index < -0.39 is 6.10 Å². The van der Waals surface area contributed by atoms with Crippen LogP contribution in [-0.2, 0) is 13.0 Å². The number of anilines is 1. The summed E-state index contributed by atoms with van der Waals surface area (Å²) in [6, 6.07) is 28.7. The molecule has 3 nitrogen and oxygen atoms in total. The normalized spacial score (nSPS) is 13.4. The highest BCUT2D eigenvalue weighted by atomic mass is 16.3. The number of hydrogen-bond donors (Lipinski definition) is 2. The summed E-state index contributed by atoms with van der Waals surface area (Å²) in [6.45, 7) is 3.62. The van der Waals surface area contributed by atoms with Gasteiger partial charge in [-0.2, -0.15) is 0 Å². The molecular weight excluding hydrogens is 332 g/mol. The first-order valence-electron chi connectivity index (χ1n) is 9.47. The van der Waals surface area contributed by atoms with Crippen molar-refractivity contribution in [3.05, 3.63) is 102 Å². The van der Waals surface area contributed by atoms with Gasteiger partial charge in [-0.25, -0.2) is 0 Å². The lowest BCUT2D eigenvalue weighted by molar-refractivity contribution is 0.0859. The van der Waals surface area contributed by atoms with Gasteiger partial charge in [0.05, 0.1) is 6.10 Å². The zero-order valence-corrected chi connectivity index (χ0v) is 15.8. The van der Waals surface area contributed by atoms with Crippen LogP contribution in [-0.4, -0.2) is 22.6 Å². The van der Waals surface area contributed by atoms with E-state index in [-0.39, 0.29) is 6.04 Å². The molecule has 0 spiro atoms. The van der Waals surface area contributed by atoms with E-state index in [1.54, 1.807) is 0 Å². The summed E-state index contributed by atoms with van der Waals surface area (Å²) in [5, 5.41) is 10.8. The number of benzene rings is 3. The first kappa shape index (κ1) is 19.2. The van der Waals surface area contributed by atoms with Crippen LogP contribution < -0.4 is 5.73 Å². The summed E-state index contributed by atoms with van der Waals surface area (Å²) in [4.78, 5) is 2.35. The molecule has 0 amide bonds. The molecule has 3 heteroatoms. The van der Waals surface area contributed by atoms with Crippen LogP contribution in [0.3, 0.4) is 0 Å². The lowest BCUT2D eigenvalue weighted by Gasteiger charge is -2.31. The van der Waals surface area contributed by atoms with Crippen molar-refractivity contribution in [2.75, 3.05) is 12.3 Å². The molecule has 3 N–H and O–H groups in total. The summed E-state index contributed by atoms with van der Waals surface area (Å²) in [7, 11) is 0. The predicted octanol–water partition coefficient (Wildman–Crippen LogP) is 4.44. The topological polar surface area (TPSA) is 49.5 Å². The second-order valence-electron chi connectivity index (χ2n) is 7.14. The molecule has 0 saturated heterocycles. The summed E-state index contributed by atoms with van der Waals surface area (Å²) in [5.74, 6) is 0. The second-order valence-corrected chi connectivity index (χ2v) is 7.14. The molecule has 0 aliphatic carbocycles. The Labute approximate surface area is 162 Å². The van der Waals surface area contributed by atoms with Crippen molar-refractivity contribution >= 4 is 5.69 Å². The average Bonchev–Trinajstić information content (AvgIpc) is 2.70. The Morgan fingerprint density at radius 2 is 1.41 bits per heavy atom. The maximum absolute atomic E-state index is 10.8. The molecule has 3 aromatic carbocycles. The van der Waals surface area contributed by atoms with E-state index in [9.17, 15) is 5.11 Å². The van der Waals surface area contributed by atoms with E-state index in [2.05, 4.69) is 48.2 Å². The second kappa shape index (κ2) is 9.36. The highest BCUT2D eigenvalue weighted by Gasteiger charge is 2.19. The quantitative estimate of drug-likeness (QED) is 0.584. The summed E-state index contributed by atoms with van der Waals surface area (Å²) < 4.78 is 0. The molecule has 0 aromatic heterocycles. The van der Waals surface area contributed by atoms with Gasteiger partial charge in [-0.05, 0) is 42.2 Å². The van der Waals surface area contributed by atoms with Gasteiger partial charge in [0.15, 0.2) is 0 Å². The fraction of sp³-hybridized carbons (Fsp3) is 0.250. The van der Waals surface area contributed by atoms with Gasteiger partial charge in [0.25, 0.3) is 0 Å². The highest BCUT2D eigenvalue weighted by molar-refractivity contribution is 5.39. The third-order valence-corrected chi connectivity index (χ3v) is 4.95. The standard InChI is InChI=1S/C24H28N2O/c1-19(16-20-12-14-23(25)15-13-20)26(17-21-8-4-2-5-9-21)18-24(27)22-10-6-3-7-11-22/h2-15,19,24,27H,16-18,25H2,1H3/t19-,24-/m0/s1. The smallest absolute Gasteiger partial charge is 0.0917 e. The molecule has 0 aliphatic rings. The van der Waals surface area contributed by atoms with E-state index in [4.69, 9.17) is 5.73 Å². The third kappa shape index (κ3) is 5.68. The molecule has 0 radical (unpaired) electrons. The van der Waals surface area contributed by atoms with Crippen molar-refractivity contribution in [3.8, 4) is 0 Å². The first-order chi connectivity index (χ1) is 13.1. The largest absolute Gasteiger partial charge is 0.399 e. The summed E-state index contributed by atoms with van der Waals surface area (Å²) in [5.41, 5.74) is 10.0. The van der Waals surface area contributed by atoms with Crippen molar-refractivity contribution in [2.45, 2.75) is 32.0 Å². The van der Waals surface area contributed by atoms with Crippen molar-refractivity contribution < 1.29 is 5.11 Å². The lowest BCUT2D eigenvalue weighted by atomic mass is 10.0. The fourth-order valence-electron chi connectivity index (χ4n) is 3.34. The Hall–Kier alpha value is -2.62. The van der Waals surface area contributed by atoms with Crippen LogP contribution in [0.25, 0.3) is 0 Å². The van der Waals surface area contributed by atoms with E-state index >= 15 is 0 Å². The predicted molar refractivity (Wildman–Crippen MR) is 112 cm³/mol. The number of nitrogens with two attached hydrogens (primary N) is 1. The Balaban J connectivity index is 1.74. The Morgan fingerprint density at radius 1 is 0.815 bits per heavy atom. The molecule has 27 heavy (non-hydrogen) atoms. The van der Waals surface area contributed by atoms with Crippen LogP contribution in [0.15, 0.2) is 84.9 Å². The van der Waals surface area contributed by atoms with Crippen LogP contribution in [0.2, 0.25) is 0 Å². The number of nitrogens with zero attached hydrogens (tertiary/aromatic N) is 1. The summed E-state index contributed by atoms with van der Waals surface area (Å²) >= 11 is 0. The Morgan fingerprint density at radius 3 is 2.04 bits per heavy atom. The number of hydrogen-bond acceptors (Lipinski definition) is 3. The average molecular weight is 361 g/mol. The molecule has 3 aromatic rings. The van der Waals surface area contributed by atoms with Crippen LogP contribution >= 0.6 is 0 Å². The van der Waals surface area contributed by atoms with Gasteiger partial charge in [-0.15, -0.1) is 0 Å². The molecule has 3 rings (SSSR count). The number of aliphatic hydroxyl groups is 1. The van der Waals surface area contributed by atoms with Gasteiger partial charge < -0.3 is 10.8 Å². The minimum Gasteiger partial charge on any atom is -0.399 e. The van der Waals surface area contributed by atoms with Crippen LogP contribution in [0.5, 0.6) is 0 Å². The Kier molecular flexibility index (Phi) is 6.64. The molecule has 2 atom stereocenters. The van der Waals surface area contributed by atoms with Crippen LogP contribution in [0, 0.1) is 0 Å². The minimum atomic E-state index is -0.510. The third-order valence-electron chi connectivity index (χ3n) is 4.95. The highest BCUT2D eigenvalue weighted by Crippen LogP contribution is 2.20. The van der Waals surface area contributed by atoms with Gasteiger partial charge >= 0.3 is 0 Å². The first-order valence-corrected chi connectivity index (χ1v) is 9.47. The van der Waals surface area contributed by atoms with Crippen LogP contribution in [0.4, 0.5) is 5.69 Å². The molecule has 0 heterocycles. The monoisotopic (exact) mass is 360 g/mol. The fourth-order valence-corrected chi connectivity index (χ4v) is 3.34. The van der Waals surface area contributed by atoms with Gasteiger partial charge in [0.1, 0.15) is 0 Å². The van der Waals surface area contributed by atoms with Gasteiger partial charge in [-0.1, -0.05) is 72.8 Å². The maximum Gasteiger partial charge on any atom is 0.0917 e. The molecule has 0 aliphatic heterocycles. The van der Waals surface area contributed by atoms with Gasteiger partial charge in [0, 0.05) is 24.8 Å². The molecular formula is C24H28N2O. The zero-order valence-electron chi connectivity index (χ0n) is 15.8. The van der Waals surface area contributed by atoms with Gasteiger partial charge in [-0.3, -0.25) is 4.90 Å². The lowest BCUT2D eigenvalue weighted by Crippen LogP contribution is -2.37. The van der Waals surface area contributed by atoms with Crippen molar-refractivity contribution in [1.82, 2.24) is 4.90 Å². The molecule has 0 fully saturated rings. The zero-order chi connectivity index (χ0) is 19.1. The number of nitrogen functional groups attached to an aromatic ring is 1. The van der Waals surface area contributed by atoms with E-state index in [1.807, 2.05) is 48.5 Å². The van der Waals surface area contributed by atoms with E-state index in [0.29, 0.717) is 6.54 Å². The summed E-state index contributed by atoms with van der Waals surface area (Å²) in [6.07, 6.45) is 0.401. The molecule has 0 saturated carbocycles. The number of rotatable bonds is 8. The van der Waals surface area contributed by atoms with E-state index in [1.165, 1.54) is 11.1 Å². The molecule has 140 valence electrons. The maximum atomic E-state index is 10.8. The molecule has 0 unspecified atom stereocenters. The van der Waals surface area contributed by atoms with Crippen molar-refractivity contribution in [3.63, 3.8) is 0 Å². The van der Waals surface area contributed by atoms with Crippen LogP contribution in [0.1, 0.15) is 29.7 Å². The van der Waals surface area contributed by atoms with Crippen molar-refractivity contribution in [1.29, 1.82) is 0 Å². The minimum absolute atomic E-state index is 0.284. The van der Waals surface area contributed by atoms with E-state index in [0.717, 1.165) is 24.2 Å². The van der Waals surface area contributed by atoms with Crippen molar-refractivity contribution in [2.24, 2.45) is 0 Å². The Bertz CT molecular complexity index is 803. The molecule has 0 bridgehead atoms. The van der Waals surface area contributed by atoms with Gasteiger partial charge in [0.2, 0.25) is 0 Å². The number of aliphatic hydroxyl groups excluding tert-OH is 1.